The minimum absolute atomic E-state index is 0.142. The summed E-state index contributed by atoms with van der Waals surface area (Å²) in [6, 6.07) is 5.51. The smallest absolute Gasteiger partial charge is 0.313 e. The van der Waals surface area contributed by atoms with Gasteiger partial charge in [0, 0.05) is 0 Å². The fourth-order valence-corrected chi connectivity index (χ4v) is 2.20. The standard InChI is InChI=1S/C15H18O5/c1-3-19-15(17)8-13(16)11-6-10-7-12(18-2)4-5-14(10)20-9-11/h4-5,7,11H,3,6,8-9H2,1-2H3/t11-/m1/s1. The van der Waals surface area contributed by atoms with Crippen molar-refractivity contribution in [2.24, 2.45) is 5.92 Å². The van der Waals surface area contributed by atoms with Crippen molar-refractivity contribution in [2.45, 2.75) is 19.8 Å². The second-order valence-corrected chi connectivity index (χ2v) is 4.63. The van der Waals surface area contributed by atoms with Crippen LogP contribution in [0.25, 0.3) is 0 Å². The highest BCUT2D eigenvalue weighted by Crippen LogP contribution is 2.31. The van der Waals surface area contributed by atoms with Crippen molar-refractivity contribution < 1.29 is 23.8 Å². The third kappa shape index (κ3) is 3.29. The van der Waals surface area contributed by atoms with Crippen LogP contribution in [0.15, 0.2) is 18.2 Å². The topological polar surface area (TPSA) is 61.8 Å². The summed E-state index contributed by atoms with van der Waals surface area (Å²) in [5.41, 5.74) is 0.929. The summed E-state index contributed by atoms with van der Waals surface area (Å²) >= 11 is 0. The van der Waals surface area contributed by atoms with Gasteiger partial charge in [-0.25, -0.2) is 0 Å². The van der Waals surface area contributed by atoms with Crippen LogP contribution in [0.4, 0.5) is 0 Å². The number of carbonyl (C=O) groups excluding carboxylic acids is 2. The molecule has 0 aromatic heterocycles. The van der Waals surface area contributed by atoms with Crippen LogP contribution in [-0.2, 0) is 20.7 Å². The Morgan fingerprint density at radius 1 is 1.40 bits per heavy atom. The van der Waals surface area contributed by atoms with Crippen LogP contribution < -0.4 is 9.47 Å². The van der Waals surface area contributed by atoms with Crippen LogP contribution in [-0.4, -0.2) is 32.1 Å². The van der Waals surface area contributed by atoms with E-state index >= 15 is 0 Å². The molecule has 1 aliphatic heterocycles. The number of fused-ring (bicyclic) bond motifs is 1. The lowest BCUT2D eigenvalue weighted by Crippen LogP contribution is -2.30. The van der Waals surface area contributed by atoms with E-state index in [1.165, 1.54) is 0 Å². The molecule has 20 heavy (non-hydrogen) atoms. The molecule has 5 heteroatoms. The SMILES string of the molecule is CCOC(=O)CC(=O)[C@H]1COc2ccc(OC)cc2C1. The van der Waals surface area contributed by atoms with Gasteiger partial charge < -0.3 is 14.2 Å². The average molecular weight is 278 g/mol. The van der Waals surface area contributed by atoms with E-state index in [0.29, 0.717) is 13.0 Å². The van der Waals surface area contributed by atoms with E-state index in [4.69, 9.17) is 14.2 Å². The quantitative estimate of drug-likeness (QED) is 0.607. The zero-order valence-electron chi connectivity index (χ0n) is 11.7. The van der Waals surface area contributed by atoms with Gasteiger partial charge in [0.15, 0.2) is 5.78 Å². The molecule has 1 heterocycles. The van der Waals surface area contributed by atoms with E-state index in [-0.39, 0.29) is 24.7 Å². The van der Waals surface area contributed by atoms with Crippen LogP contribution in [0.2, 0.25) is 0 Å². The maximum atomic E-state index is 12.0. The first kappa shape index (κ1) is 14.4. The Kier molecular flexibility index (Phi) is 4.61. The second-order valence-electron chi connectivity index (χ2n) is 4.63. The number of carbonyl (C=O) groups is 2. The molecule has 0 spiro atoms. The van der Waals surface area contributed by atoms with Gasteiger partial charge in [-0.15, -0.1) is 0 Å². The Bertz CT molecular complexity index is 509. The highest BCUT2D eigenvalue weighted by Gasteiger charge is 2.27. The number of methoxy groups -OCH3 is 1. The number of benzene rings is 1. The third-order valence-electron chi connectivity index (χ3n) is 3.25. The lowest BCUT2D eigenvalue weighted by atomic mass is 9.91. The van der Waals surface area contributed by atoms with Crippen molar-refractivity contribution in [3.63, 3.8) is 0 Å². The summed E-state index contributed by atoms with van der Waals surface area (Å²) in [5, 5.41) is 0. The molecule has 0 N–H and O–H groups in total. The molecular formula is C15H18O5. The molecule has 1 aliphatic rings. The van der Waals surface area contributed by atoms with Crippen LogP contribution in [0, 0.1) is 5.92 Å². The van der Waals surface area contributed by atoms with Crippen LogP contribution >= 0.6 is 0 Å². The summed E-state index contributed by atoms with van der Waals surface area (Å²) in [5.74, 6) is 0.571. The first-order chi connectivity index (χ1) is 9.63. The molecule has 108 valence electrons. The second kappa shape index (κ2) is 6.41. The zero-order valence-corrected chi connectivity index (χ0v) is 11.7. The number of Topliss-reactive ketones (excluding diaryl/α,β-unsaturated/α-hetero) is 1. The van der Waals surface area contributed by atoms with E-state index < -0.39 is 5.97 Å². The molecule has 2 rings (SSSR count). The van der Waals surface area contributed by atoms with E-state index in [9.17, 15) is 9.59 Å². The molecule has 1 atom stereocenters. The highest BCUT2D eigenvalue weighted by molar-refractivity contribution is 5.97. The highest BCUT2D eigenvalue weighted by atomic mass is 16.5. The number of hydrogen-bond donors (Lipinski definition) is 0. The Labute approximate surface area is 117 Å². The Morgan fingerprint density at radius 3 is 2.90 bits per heavy atom. The number of esters is 1. The van der Waals surface area contributed by atoms with Gasteiger partial charge >= 0.3 is 5.97 Å². The molecule has 0 saturated carbocycles. The largest absolute Gasteiger partial charge is 0.497 e. The van der Waals surface area contributed by atoms with Crippen molar-refractivity contribution in [3.8, 4) is 11.5 Å². The molecule has 0 saturated heterocycles. The maximum absolute atomic E-state index is 12.0. The minimum Gasteiger partial charge on any atom is -0.497 e. The summed E-state index contributed by atoms with van der Waals surface area (Å²) in [7, 11) is 1.59. The number of rotatable bonds is 5. The number of ether oxygens (including phenoxy) is 3. The van der Waals surface area contributed by atoms with E-state index in [1.54, 1.807) is 14.0 Å². The molecule has 5 nitrogen and oxygen atoms in total. The summed E-state index contributed by atoms with van der Waals surface area (Å²) in [6.45, 7) is 2.31. The van der Waals surface area contributed by atoms with Gasteiger partial charge in [0.2, 0.25) is 0 Å². The molecule has 1 aromatic rings. The van der Waals surface area contributed by atoms with Crippen molar-refractivity contribution in [1.29, 1.82) is 0 Å². The molecule has 0 aliphatic carbocycles. The summed E-state index contributed by atoms with van der Waals surface area (Å²) < 4.78 is 15.5. The van der Waals surface area contributed by atoms with Gasteiger partial charge in [-0.3, -0.25) is 9.59 Å². The fourth-order valence-electron chi connectivity index (χ4n) is 2.20. The predicted molar refractivity (Wildman–Crippen MR) is 71.9 cm³/mol. The molecule has 0 unspecified atom stereocenters. The Morgan fingerprint density at radius 2 is 2.20 bits per heavy atom. The van der Waals surface area contributed by atoms with Crippen molar-refractivity contribution >= 4 is 11.8 Å². The predicted octanol–water partition coefficient (Wildman–Crippen LogP) is 1.77. The lowest BCUT2D eigenvalue weighted by molar-refractivity contribution is -0.146. The summed E-state index contributed by atoms with van der Waals surface area (Å²) in [4.78, 5) is 23.4. The maximum Gasteiger partial charge on any atom is 0.313 e. The van der Waals surface area contributed by atoms with Gasteiger partial charge in [-0.1, -0.05) is 0 Å². The van der Waals surface area contributed by atoms with Crippen molar-refractivity contribution in [2.75, 3.05) is 20.3 Å². The molecule has 0 fully saturated rings. The van der Waals surface area contributed by atoms with Crippen LogP contribution in [0.1, 0.15) is 18.9 Å². The Balaban J connectivity index is 2.02. The molecule has 1 aromatic carbocycles. The van der Waals surface area contributed by atoms with E-state index in [2.05, 4.69) is 0 Å². The van der Waals surface area contributed by atoms with E-state index in [0.717, 1.165) is 17.1 Å². The molecular weight excluding hydrogens is 260 g/mol. The molecule has 0 amide bonds. The van der Waals surface area contributed by atoms with Gasteiger partial charge in [0.05, 0.1) is 26.2 Å². The van der Waals surface area contributed by atoms with Gasteiger partial charge in [0.25, 0.3) is 0 Å². The number of hydrogen-bond acceptors (Lipinski definition) is 5. The minimum atomic E-state index is -0.478. The monoisotopic (exact) mass is 278 g/mol. The van der Waals surface area contributed by atoms with Gasteiger partial charge in [-0.2, -0.15) is 0 Å². The van der Waals surface area contributed by atoms with Crippen LogP contribution in [0.5, 0.6) is 11.5 Å². The van der Waals surface area contributed by atoms with Gasteiger partial charge in [-0.05, 0) is 37.1 Å². The molecule has 0 bridgehead atoms. The molecule has 0 radical (unpaired) electrons. The van der Waals surface area contributed by atoms with Gasteiger partial charge in [0.1, 0.15) is 17.9 Å². The number of ketones is 1. The fraction of sp³-hybridized carbons (Fsp3) is 0.467. The Hall–Kier alpha value is -2.04. The average Bonchev–Trinajstić information content (AvgIpc) is 2.46. The van der Waals surface area contributed by atoms with Crippen molar-refractivity contribution in [1.82, 2.24) is 0 Å². The van der Waals surface area contributed by atoms with E-state index in [1.807, 2.05) is 18.2 Å². The zero-order chi connectivity index (χ0) is 14.5. The first-order valence-electron chi connectivity index (χ1n) is 6.62. The summed E-state index contributed by atoms with van der Waals surface area (Å²) in [6.07, 6.45) is 0.367. The lowest BCUT2D eigenvalue weighted by Gasteiger charge is -2.24. The van der Waals surface area contributed by atoms with Crippen LogP contribution in [0.3, 0.4) is 0 Å². The first-order valence-corrected chi connectivity index (χ1v) is 6.62. The third-order valence-corrected chi connectivity index (χ3v) is 3.25. The normalized spacial score (nSPS) is 16.8. The van der Waals surface area contributed by atoms with Crippen molar-refractivity contribution in [3.05, 3.63) is 23.8 Å².